The molecule has 0 aromatic heterocycles. The SMILES string of the molecule is C/C(=N\NC(=O)c1ccccc1O)c1ccc(O)c(C[NH+]2CCCCC2)c1. The Morgan fingerprint density at radius 3 is 2.56 bits per heavy atom. The molecule has 1 saturated heterocycles. The molecule has 2 aromatic carbocycles. The van der Waals surface area contributed by atoms with Gasteiger partial charge < -0.3 is 15.1 Å². The van der Waals surface area contributed by atoms with Gasteiger partial charge in [-0.3, -0.25) is 4.79 Å². The molecule has 1 aliphatic heterocycles. The van der Waals surface area contributed by atoms with Gasteiger partial charge in [-0.25, -0.2) is 5.43 Å². The summed E-state index contributed by atoms with van der Waals surface area (Å²) in [7, 11) is 0. The van der Waals surface area contributed by atoms with E-state index < -0.39 is 5.91 Å². The molecule has 27 heavy (non-hydrogen) atoms. The fraction of sp³-hybridized carbons (Fsp3) is 0.333. The number of quaternary nitrogens is 1. The van der Waals surface area contributed by atoms with Crippen LogP contribution in [-0.2, 0) is 6.54 Å². The van der Waals surface area contributed by atoms with Crippen molar-refractivity contribution in [1.29, 1.82) is 0 Å². The Kier molecular flexibility index (Phi) is 6.08. The van der Waals surface area contributed by atoms with Gasteiger partial charge in [0.2, 0.25) is 0 Å². The van der Waals surface area contributed by atoms with Gasteiger partial charge in [0.15, 0.2) is 0 Å². The number of nitrogens with one attached hydrogen (secondary N) is 2. The third kappa shape index (κ3) is 4.86. The van der Waals surface area contributed by atoms with Crippen molar-refractivity contribution in [3.8, 4) is 11.5 Å². The number of amides is 1. The zero-order chi connectivity index (χ0) is 19.2. The van der Waals surface area contributed by atoms with Crippen molar-refractivity contribution in [2.75, 3.05) is 13.1 Å². The van der Waals surface area contributed by atoms with Gasteiger partial charge in [0.25, 0.3) is 5.91 Å². The minimum atomic E-state index is -0.468. The molecule has 0 bridgehead atoms. The van der Waals surface area contributed by atoms with Gasteiger partial charge in [0, 0.05) is 5.56 Å². The number of hydrazone groups is 1. The van der Waals surface area contributed by atoms with Crippen molar-refractivity contribution in [2.45, 2.75) is 32.7 Å². The number of para-hydroxylation sites is 1. The second kappa shape index (κ2) is 8.68. The number of phenols is 2. The molecular weight excluding hydrogens is 342 g/mol. The summed E-state index contributed by atoms with van der Waals surface area (Å²) in [5, 5.41) is 24.1. The number of aromatic hydroxyl groups is 2. The lowest BCUT2D eigenvalue weighted by molar-refractivity contribution is -0.918. The average Bonchev–Trinajstić information content (AvgIpc) is 2.68. The number of carbonyl (C=O) groups excluding carboxylic acids is 1. The topological polar surface area (TPSA) is 86.4 Å². The molecule has 0 atom stereocenters. The normalized spacial score (nSPS) is 15.5. The summed E-state index contributed by atoms with van der Waals surface area (Å²) in [6.07, 6.45) is 3.75. The highest BCUT2D eigenvalue weighted by molar-refractivity contribution is 6.01. The number of likely N-dealkylation sites (tertiary alicyclic amines) is 1. The van der Waals surface area contributed by atoms with Gasteiger partial charge in [-0.1, -0.05) is 12.1 Å². The van der Waals surface area contributed by atoms with E-state index in [9.17, 15) is 15.0 Å². The minimum Gasteiger partial charge on any atom is -0.507 e. The highest BCUT2D eigenvalue weighted by Crippen LogP contribution is 2.19. The fourth-order valence-corrected chi connectivity index (χ4v) is 3.38. The molecule has 0 saturated carbocycles. The lowest BCUT2D eigenvalue weighted by Gasteiger charge is -2.24. The molecule has 142 valence electrons. The maximum absolute atomic E-state index is 12.2. The second-order valence-corrected chi connectivity index (χ2v) is 6.99. The maximum Gasteiger partial charge on any atom is 0.275 e. The third-order valence-corrected chi connectivity index (χ3v) is 4.97. The molecule has 1 amide bonds. The third-order valence-electron chi connectivity index (χ3n) is 4.97. The van der Waals surface area contributed by atoms with Crippen LogP contribution >= 0.6 is 0 Å². The van der Waals surface area contributed by atoms with E-state index in [0.29, 0.717) is 11.5 Å². The number of rotatable bonds is 5. The van der Waals surface area contributed by atoms with Gasteiger partial charge in [0.1, 0.15) is 18.0 Å². The highest BCUT2D eigenvalue weighted by atomic mass is 16.3. The lowest BCUT2D eigenvalue weighted by Crippen LogP contribution is -3.11. The van der Waals surface area contributed by atoms with Crippen molar-refractivity contribution >= 4 is 11.6 Å². The summed E-state index contributed by atoms with van der Waals surface area (Å²) < 4.78 is 0. The Hall–Kier alpha value is -2.86. The Morgan fingerprint density at radius 1 is 1.07 bits per heavy atom. The number of piperidine rings is 1. The van der Waals surface area contributed by atoms with E-state index in [4.69, 9.17) is 0 Å². The van der Waals surface area contributed by atoms with E-state index in [1.54, 1.807) is 31.2 Å². The van der Waals surface area contributed by atoms with Crippen LogP contribution in [0.2, 0.25) is 0 Å². The largest absolute Gasteiger partial charge is 0.507 e. The average molecular weight is 368 g/mol. The second-order valence-electron chi connectivity index (χ2n) is 6.99. The Bertz CT molecular complexity index is 842. The molecule has 6 nitrogen and oxygen atoms in total. The minimum absolute atomic E-state index is 0.0840. The zero-order valence-corrected chi connectivity index (χ0v) is 15.5. The van der Waals surface area contributed by atoms with Crippen LogP contribution in [0, 0.1) is 0 Å². The van der Waals surface area contributed by atoms with Crippen LogP contribution in [0.1, 0.15) is 47.7 Å². The number of phenolic OH excluding ortho intramolecular Hbond substituents is 2. The predicted octanol–water partition coefficient (Wildman–Crippen LogP) is 1.82. The van der Waals surface area contributed by atoms with Crippen molar-refractivity contribution < 1.29 is 19.9 Å². The molecule has 6 heteroatoms. The fourth-order valence-electron chi connectivity index (χ4n) is 3.38. The molecule has 0 aliphatic carbocycles. The Balaban J connectivity index is 1.71. The van der Waals surface area contributed by atoms with E-state index in [1.807, 2.05) is 6.07 Å². The maximum atomic E-state index is 12.2. The van der Waals surface area contributed by atoms with Crippen LogP contribution < -0.4 is 10.3 Å². The summed E-state index contributed by atoms with van der Waals surface area (Å²) in [5.41, 5.74) is 5.02. The van der Waals surface area contributed by atoms with Gasteiger partial charge in [0.05, 0.1) is 24.4 Å². The summed E-state index contributed by atoms with van der Waals surface area (Å²) in [5.74, 6) is -0.258. The summed E-state index contributed by atoms with van der Waals surface area (Å²) >= 11 is 0. The molecule has 0 unspecified atom stereocenters. The van der Waals surface area contributed by atoms with Crippen LogP contribution in [0.25, 0.3) is 0 Å². The monoisotopic (exact) mass is 368 g/mol. The van der Waals surface area contributed by atoms with E-state index in [-0.39, 0.29) is 11.3 Å². The number of carbonyl (C=O) groups is 1. The molecule has 0 radical (unpaired) electrons. The molecule has 3 rings (SSSR count). The lowest BCUT2D eigenvalue weighted by atomic mass is 10.0. The number of nitrogens with zero attached hydrogens (tertiary/aromatic N) is 1. The number of hydrogen-bond donors (Lipinski definition) is 4. The number of hydrogen-bond acceptors (Lipinski definition) is 4. The molecule has 1 heterocycles. The van der Waals surface area contributed by atoms with Crippen molar-refractivity contribution in [3.63, 3.8) is 0 Å². The zero-order valence-electron chi connectivity index (χ0n) is 15.5. The van der Waals surface area contributed by atoms with E-state index in [2.05, 4.69) is 10.5 Å². The summed E-state index contributed by atoms with van der Waals surface area (Å²) in [6.45, 7) is 4.85. The summed E-state index contributed by atoms with van der Waals surface area (Å²) in [6, 6.07) is 11.7. The van der Waals surface area contributed by atoms with Gasteiger partial charge in [-0.15, -0.1) is 0 Å². The first-order valence-electron chi connectivity index (χ1n) is 9.33. The van der Waals surface area contributed by atoms with Gasteiger partial charge in [-0.05, 0) is 62.1 Å². The Morgan fingerprint density at radius 2 is 1.81 bits per heavy atom. The van der Waals surface area contributed by atoms with E-state index in [1.165, 1.54) is 36.3 Å². The van der Waals surface area contributed by atoms with Crippen LogP contribution in [0.3, 0.4) is 0 Å². The Labute approximate surface area is 159 Å². The van der Waals surface area contributed by atoms with E-state index >= 15 is 0 Å². The van der Waals surface area contributed by atoms with E-state index in [0.717, 1.165) is 30.8 Å². The van der Waals surface area contributed by atoms with Crippen LogP contribution in [0.4, 0.5) is 0 Å². The molecule has 1 fully saturated rings. The van der Waals surface area contributed by atoms with Crippen LogP contribution in [0.15, 0.2) is 47.6 Å². The quantitative estimate of drug-likeness (QED) is 0.480. The standard InChI is InChI=1S/C21H25N3O3/c1-15(22-23-21(27)18-7-3-4-8-20(18)26)16-9-10-19(25)17(13-16)14-24-11-5-2-6-12-24/h3-4,7-10,13,25-26H,2,5-6,11-12,14H2,1H3,(H,23,27)/p+1/b22-15+. The summed E-state index contributed by atoms with van der Waals surface area (Å²) in [4.78, 5) is 13.6. The van der Waals surface area contributed by atoms with Gasteiger partial charge in [-0.2, -0.15) is 5.10 Å². The van der Waals surface area contributed by atoms with Crippen molar-refractivity contribution in [1.82, 2.24) is 5.43 Å². The van der Waals surface area contributed by atoms with Crippen molar-refractivity contribution in [2.24, 2.45) is 5.10 Å². The molecule has 0 spiro atoms. The molecule has 4 N–H and O–H groups in total. The first-order chi connectivity index (χ1) is 13.0. The number of benzene rings is 2. The predicted molar refractivity (Wildman–Crippen MR) is 104 cm³/mol. The first kappa shape index (κ1) is 18.9. The molecule has 1 aliphatic rings. The molecule has 2 aromatic rings. The van der Waals surface area contributed by atoms with Crippen molar-refractivity contribution in [3.05, 3.63) is 59.2 Å². The van der Waals surface area contributed by atoms with Crippen LogP contribution in [-0.4, -0.2) is 34.9 Å². The van der Waals surface area contributed by atoms with Crippen LogP contribution in [0.5, 0.6) is 11.5 Å². The first-order valence-corrected chi connectivity index (χ1v) is 9.33. The van der Waals surface area contributed by atoms with Gasteiger partial charge >= 0.3 is 0 Å². The molecular formula is C21H26N3O3+. The smallest absolute Gasteiger partial charge is 0.275 e. The highest BCUT2D eigenvalue weighted by Gasteiger charge is 2.17.